The molecule has 0 aromatic rings. The summed E-state index contributed by atoms with van der Waals surface area (Å²) in [6, 6.07) is 0. The molecule has 37 heavy (non-hydrogen) atoms. The average molecular weight is 892 g/mol. The van der Waals surface area contributed by atoms with Gasteiger partial charge in [0, 0.05) is 77.6 Å². The van der Waals surface area contributed by atoms with E-state index in [9.17, 15) is 19.3 Å². The van der Waals surface area contributed by atoms with E-state index in [1.165, 1.54) is 14.2 Å². The number of carbonyl (C=O) groups is 2. The van der Waals surface area contributed by atoms with Crippen LogP contribution in [0.15, 0.2) is 0 Å². The molecule has 1 N–H and O–H groups in total. The molecule has 2 heterocycles. The molecule has 0 aromatic carbocycles. The van der Waals surface area contributed by atoms with Crippen molar-refractivity contribution in [2.24, 2.45) is 0 Å². The van der Waals surface area contributed by atoms with Crippen LogP contribution in [0.4, 0.5) is 9.59 Å². The third-order valence-corrected chi connectivity index (χ3v) is 6.39. The molecule has 2 aliphatic rings. The van der Waals surface area contributed by atoms with Gasteiger partial charge >= 0.3 is 20.0 Å². The SMILES string of the molecule is CC(C)(C)OC(=O)N1CCC(O)CC1.COP(=O)(OC)OC1CCN(C(=O)OC(C)(C)C)CC1.I.II. The van der Waals surface area contributed by atoms with E-state index in [0.717, 1.165) is 0 Å². The van der Waals surface area contributed by atoms with E-state index in [0.29, 0.717) is 51.9 Å². The molecule has 0 spiro atoms. The normalized spacial score (nSPS) is 17.4. The zero-order chi connectivity index (χ0) is 28.2. The van der Waals surface area contributed by atoms with E-state index in [1.54, 1.807) is 9.80 Å². The Kier molecular flexibility index (Phi) is 20.5. The molecule has 2 aliphatic heterocycles. The fourth-order valence-corrected chi connectivity index (χ4v) is 4.09. The number of aliphatic hydroxyl groups is 1. The summed E-state index contributed by atoms with van der Waals surface area (Å²) in [6.45, 7) is 13.2. The van der Waals surface area contributed by atoms with Crippen molar-refractivity contribution in [3.05, 3.63) is 0 Å². The Morgan fingerprint density at radius 2 is 1.11 bits per heavy atom. The fourth-order valence-electron chi connectivity index (χ4n) is 3.19. The standard InChI is InChI=1S/C12H24NO6P.C10H19NO3.I2.HI/c1-12(2,3)18-11(14)13-8-6-10(7-9-13)19-20(15,16-4)17-5;1-10(2,3)14-9(13)11-6-4-8(12)5-7-11;1-2;/h10H,6-9H2,1-5H3;8,12H,4-7H2,1-3H3;;1H. The van der Waals surface area contributed by atoms with Gasteiger partial charge in [0.05, 0.1) is 12.2 Å². The molecule has 11 nitrogen and oxygen atoms in total. The lowest BCUT2D eigenvalue weighted by molar-refractivity contribution is 0.00759. The maximum Gasteiger partial charge on any atom is 0.474 e. The number of hydrogen-bond donors (Lipinski definition) is 1. The van der Waals surface area contributed by atoms with Gasteiger partial charge in [0.15, 0.2) is 0 Å². The summed E-state index contributed by atoms with van der Waals surface area (Å²) in [5.74, 6) is 0. The second-order valence-corrected chi connectivity index (χ2v) is 12.1. The summed E-state index contributed by atoms with van der Waals surface area (Å²) in [7, 11) is -0.906. The second kappa shape index (κ2) is 19.0. The Hall–Kier alpha value is 0.800. The minimum Gasteiger partial charge on any atom is -0.444 e. The van der Waals surface area contributed by atoms with Crippen molar-refractivity contribution in [3.8, 4) is 0 Å². The summed E-state index contributed by atoms with van der Waals surface area (Å²) in [5.41, 5.74) is -0.945. The number of amides is 2. The molecule has 0 atom stereocenters. The molecule has 2 rings (SSSR count). The summed E-state index contributed by atoms with van der Waals surface area (Å²) >= 11 is 4.24. The molecule has 15 heteroatoms. The van der Waals surface area contributed by atoms with E-state index in [2.05, 4.69) is 37.2 Å². The van der Waals surface area contributed by atoms with Gasteiger partial charge in [-0.15, -0.1) is 24.0 Å². The van der Waals surface area contributed by atoms with E-state index in [4.69, 9.17) is 23.0 Å². The third kappa shape index (κ3) is 18.0. The summed E-state index contributed by atoms with van der Waals surface area (Å²) in [6.07, 6.45) is 1.32. The van der Waals surface area contributed by atoms with Crippen molar-refractivity contribution in [1.29, 1.82) is 0 Å². The van der Waals surface area contributed by atoms with Crippen molar-refractivity contribution in [1.82, 2.24) is 9.80 Å². The molecule has 2 saturated heterocycles. The highest BCUT2D eigenvalue weighted by atomic mass is 128. The Balaban J connectivity index is 0. The number of phosphoric ester groups is 1. The predicted molar refractivity (Wildman–Crippen MR) is 170 cm³/mol. The van der Waals surface area contributed by atoms with E-state index in [1.807, 2.05) is 41.5 Å². The van der Waals surface area contributed by atoms with Crippen LogP contribution in [0.1, 0.15) is 67.2 Å². The largest absolute Gasteiger partial charge is 0.474 e. The third-order valence-electron chi connectivity index (χ3n) is 4.94. The number of hydrogen-bond acceptors (Lipinski definition) is 9. The van der Waals surface area contributed by atoms with Crippen LogP contribution in [-0.4, -0.2) is 90.9 Å². The fraction of sp³-hybridized carbons (Fsp3) is 0.909. The lowest BCUT2D eigenvalue weighted by Crippen LogP contribution is -2.43. The smallest absolute Gasteiger partial charge is 0.444 e. The number of halogens is 3. The quantitative estimate of drug-likeness (QED) is 0.247. The van der Waals surface area contributed by atoms with Gasteiger partial charge in [0.2, 0.25) is 0 Å². The summed E-state index contributed by atoms with van der Waals surface area (Å²) < 4.78 is 37.2. The van der Waals surface area contributed by atoms with Crippen LogP contribution in [0, 0.1) is 0 Å². The van der Waals surface area contributed by atoms with Crippen LogP contribution in [0.5, 0.6) is 0 Å². The Morgan fingerprint density at radius 1 is 0.784 bits per heavy atom. The summed E-state index contributed by atoms with van der Waals surface area (Å²) in [5, 5.41) is 9.26. The monoisotopic (exact) mass is 892 g/mol. The lowest BCUT2D eigenvalue weighted by Gasteiger charge is -2.33. The predicted octanol–water partition coefficient (Wildman–Crippen LogP) is 6.57. The molecule has 2 amide bonds. The number of rotatable bonds is 4. The van der Waals surface area contributed by atoms with Gasteiger partial charge in [-0.3, -0.25) is 13.6 Å². The van der Waals surface area contributed by atoms with Gasteiger partial charge < -0.3 is 24.4 Å². The lowest BCUT2D eigenvalue weighted by atomic mass is 10.1. The molecule has 0 aromatic heterocycles. The molecule has 222 valence electrons. The minimum absolute atomic E-state index is 0. The number of phosphoric acid groups is 1. The highest BCUT2D eigenvalue weighted by Crippen LogP contribution is 2.49. The molecular formula is C22H44I3N2O9P. The molecule has 0 unspecified atom stereocenters. The van der Waals surface area contributed by atoms with Crippen LogP contribution >= 0.6 is 69.0 Å². The topological polar surface area (TPSA) is 124 Å². The van der Waals surface area contributed by atoms with Crippen molar-refractivity contribution in [2.75, 3.05) is 40.4 Å². The van der Waals surface area contributed by atoms with Crippen molar-refractivity contribution in [2.45, 2.75) is 90.6 Å². The van der Waals surface area contributed by atoms with Gasteiger partial charge in [-0.2, -0.15) is 0 Å². The Bertz CT molecular complexity index is 696. The highest BCUT2D eigenvalue weighted by Gasteiger charge is 2.33. The van der Waals surface area contributed by atoms with Crippen LogP contribution in [0.3, 0.4) is 0 Å². The van der Waals surface area contributed by atoms with E-state index >= 15 is 0 Å². The molecule has 0 bridgehead atoms. The first-order chi connectivity index (χ1) is 16.6. The van der Waals surface area contributed by atoms with Gasteiger partial charge in [-0.1, -0.05) is 0 Å². The molecule has 2 fully saturated rings. The van der Waals surface area contributed by atoms with Crippen LogP contribution in [0.25, 0.3) is 0 Å². The number of nitrogens with zero attached hydrogens (tertiary/aromatic N) is 2. The zero-order valence-electron chi connectivity index (χ0n) is 23.0. The van der Waals surface area contributed by atoms with Crippen LogP contribution in [-0.2, 0) is 27.6 Å². The highest BCUT2D eigenvalue weighted by molar-refractivity contribution is 15.0. The number of aliphatic hydroxyl groups excluding tert-OH is 1. The van der Waals surface area contributed by atoms with Crippen LogP contribution in [0.2, 0.25) is 0 Å². The first-order valence-corrected chi connectivity index (χ1v) is 19.5. The maximum atomic E-state index is 11.9. The molecule has 0 saturated carbocycles. The zero-order valence-corrected chi connectivity index (χ0v) is 30.6. The maximum absolute atomic E-state index is 11.9. The van der Waals surface area contributed by atoms with Crippen LogP contribution < -0.4 is 0 Å². The van der Waals surface area contributed by atoms with E-state index < -0.39 is 19.0 Å². The number of ether oxygens (including phenoxy) is 2. The summed E-state index contributed by atoms with van der Waals surface area (Å²) in [4.78, 5) is 26.7. The van der Waals surface area contributed by atoms with E-state index in [-0.39, 0.29) is 48.4 Å². The number of carbonyl (C=O) groups excluding carboxylic acids is 2. The first kappa shape index (κ1) is 39.9. The Morgan fingerprint density at radius 3 is 1.41 bits per heavy atom. The second-order valence-electron chi connectivity index (χ2n) is 10.3. The van der Waals surface area contributed by atoms with Gasteiger partial charge in [0.25, 0.3) is 0 Å². The first-order valence-electron chi connectivity index (χ1n) is 11.8. The minimum atomic E-state index is -3.46. The van der Waals surface area contributed by atoms with Crippen molar-refractivity contribution >= 4 is 81.2 Å². The van der Waals surface area contributed by atoms with Crippen molar-refractivity contribution in [3.63, 3.8) is 0 Å². The molecular weight excluding hydrogens is 848 g/mol. The van der Waals surface area contributed by atoms with Gasteiger partial charge in [-0.25, -0.2) is 14.2 Å². The van der Waals surface area contributed by atoms with Gasteiger partial charge in [0.1, 0.15) is 11.2 Å². The Labute approximate surface area is 262 Å². The van der Waals surface area contributed by atoms with Gasteiger partial charge in [-0.05, 0) is 67.2 Å². The average Bonchev–Trinajstić information content (AvgIpc) is 2.79. The molecule has 0 radical (unpaired) electrons. The molecule has 0 aliphatic carbocycles. The number of likely N-dealkylation sites (tertiary alicyclic amines) is 2. The number of piperidine rings is 2. The van der Waals surface area contributed by atoms with Crippen molar-refractivity contribution < 1.29 is 42.3 Å².